The van der Waals surface area contributed by atoms with E-state index in [1.165, 1.54) is 0 Å². The topological polar surface area (TPSA) is 130 Å². The first-order valence-corrected chi connectivity index (χ1v) is 12.4. The zero-order valence-corrected chi connectivity index (χ0v) is 21.5. The van der Waals surface area contributed by atoms with E-state index in [-0.39, 0.29) is 17.6 Å². The van der Waals surface area contributed by atoms with Crippen LogP contribution in [0.3, 0.4) is 0 Å². The van der Waals surface area contributed by atoms with Crippen molar-refractivity contribution >= 4 is 38.8 Å². The van der Waals surface area contributed by atoms with Crippen LogP contribution in [-0.2, 0) is 4.79 Å². The van der Waals surface area contributed by atoms with Crippen molar-refractivity contribution in [1.82, 2.24) is 19.9 Å². The molecule has 10 nitrogen and oxygen atoms in total. The number of aromatic nitrogens is 4. The van der Waals surface area contributed by atoms with Crippen LogP contribution in [0.15, 0.2) is 34.7 Å². The molecule has 5 aromatic rings. The molecule has 2 aromatic carbocycles. The van der Waals surface area contributed by atoms with Gasteiger partial charge in [-0.15, -0.1) is 11.3 Å². The third-order valence-corrected chi connectivity index (χ3v) is 6.32. The summed E-state index contributed by atoms with van der Waals surface area (Å²) in [5.74, 6) is 0.591. The molecule has 0 spiro atoms. The maximum Gasteiger partial charge on any atom is 0.341 e. The lowest BCUT2D eigenvalue weighted by molar-refractivity contribution is -0.139. The van der Waals surface area contributed by atoms with Crippen molar-refractivity contribution < 1.29 is 28.5 Å². The highest BCUT2D eigenvalue weighted by Crippen LogP contribution is 2.35. The number of aryl methyl sites for hydroxylation is 3. The van der Waals surface area contributed by atoms with Crippen molar-refractivity contribution in [3.05, 3.63) is 46.5 Å². The molecule has 11 heteroatoms. The van der Waals surface area contributed by atoms with Crippen LogP contribution in [0.4, 0.5) is 0 Å². The molecule has 0 unspecified atom stereocenters. The summed E-state index contributed by atoms with van der Waals surface area (Å²) in [6.45, 7) is 7.63. The van der Waals surface area contributed by atoms with Gasteiger partial charge in [0.15, 0.2) is 12.1 Å². The quantitative estimate of drug-likeness (QED) is 0.252. The number of rotatable bonds is 9. The van der Waals surface area contributed by atoms with Crippen molar-refractivity contribution in [2.24, 2.45) is 0 Å². The van der Waals surface area contributed by atoms with Crippen LogP contribution in [0, 0.1) is 20.8 Å². The molecular formula is C26H24N4O6S. The number of hydrogen-bond donors (Lipinski definition) is 1. The highest BCUT2D eigenvalue weighted by Gasteiger charge is 2.20. The summed E-state index contributed by atoms with van der Waals surface area (Å²) < 4.78 is 24.3. The molecule has 190 valence electrons. The Kier molecular flexibility index (Phi) is 6.62. The Bertz CT molecular complexity index is 1600. The fraction of sp³-hybridized carbons (Fsp3) is 0.269. The van der Waals surface area contributed by atoms with E-state index in [0.717, 1.165) is 32.8 Å². The number of aliphatic carboxylic acids is 1. The van der Waals surface area contributed by atoms with E-state index in [1.807, 2.05) is 58.0 Å². The Morgan fingerprint density at radius 3 is 2.54 bits per heavy atom. The molecule has 0 bridgehead atoms. The van der Waals surface area contributed by atoms with Crippen LogP contribution in [0.2, 0.25) is 0 Å². The summed E-state index contributed by atoms with van der Waals surface area (Å²) in [6.07, 6.45) is 0.780. The van der Waals surface area contributed by atoms with E-state index in [9.17, 15) is 4.79 Å². The van der Waals surface area contributed by atoms with Crippen LogP contribution in [0.5, 0.6) is 23.4 Å². The van der Waals surface area contributed by atoms with Crippen LogP contribution in [0.1, 0.15) is 29.5 Å². The molecule has 3 aromatic heterocycles. The Morgan fingerprint density at radius 2 is 1.81 bits per heavy atom. The monoisotopic (exact) mass is 520 g/mol. The number of carbonyl (C=O) groups is 1. The molecule has 3 heterocycles. The molecule has 0 saturated heterocycles. The Hall–Kier alpha value is -4.25. The summed E-state index contributed by atoms with van der Waals surface area (Å²) in [5.41, 5.74) is 3.63. The van der Waals surface area contributed by atoms with Gasteiger partial charge in [-0.25, -0.2) is 14.8 Å². The molecule has 0 saturated carbocycles. The van der Waals surface area contributed by atoms with Gasteiger partial charge in [-0.2, -0.15) is 9.97 Å². The minimum atomic E-state index is -1.04. The largest absolute Gasteiger partial charge is 0.481 e. The molecule has 0 aliphatic carbocycles. The van der Waals surface area contributed by atoms with Gasteiger partial charge in [-0.1, -0.05) is 6.92 Å². The van der Waals surface area contributed by atoms with Crippen LogP contribution in [-0.4, -0.2) is 44.2 Å². The zero-order valence-electron chi connectivity index (χ0n) is 20.7. The maximum absolute atomic E-state index is 10.9. The van der Waals surface area contributed by atoms with Gasteiger partial charge in [0.2, 0.25) is 5.89 Å². The summed E-state index contributed by atoms with van der Waals surface area (Å²) in [7, 11) is 0. The lowest BCUT2D eigenvalue weighted by Crippen LogP contribution is -2.10. The number of nitrogens with zero attached hydrogens (tertiary/aromatic N) is 4. The van der Waals surface area contributed by atoms with Gasteiger partial charge in [0, 0.05) is 11.6 Å². The third-order valence-electron chi connectivity index (χ3n) is 5.37. The molecule has 0 aliphatic rings. The lowest BCUT2D eigenvalue weighted by Gasteiger charge is -2.11. The van der Waals surface area contributed by atoms with E-state index in [1.54, 1.807) is 11.3 Å². The van der Waals surface area contributed by atoms with Gasteiger partial charge < -0.3 is 23.7 Å². The number of hydrogen-bond acceptors (Lipinski definition) is 10. The molecule has 37 heavy (non-hydrogen) atoms. The molecule has 0 atom stereocenters. The number of oxazole rings is 1. The van der Waals surface area contributed by atoms with Crippen molar-refractivity contribution in [3.8, 4) is 34.8 Å². The van der Waals surface area contributed by atoms with Gasteiger partial charge >= 0.3 is 12.0 Å². The summed E-state index contributed by atoms with van der Waals surface area (Å²) in [6, 6.07) is 9.32. The highest BCUT2D eigenvalue weighted by atomic mass is 32.1. The van der Waals surface area contributed by atoms with Crippen molar-refractivity contribution in [2.75, 3.05) is 13.2 Å². The van der Waals surface area contributed by atoms with Crippen LogP contribution < -0.4 is 14.2 Å². The van der Waals surface area contributed by atoms with Crippen molar-refractivity contribution in [2.45, 2.75) is 34.1 Å². The number of carboxylic acids is 1. The van der Waals surface area contributed by atoms with E-state index < -0.39 is 12.6 Å². The normalized spacial score (nSPS) is 11.2. The number of thiazole rings is 1. The fourth-order valence-electron chi connectivity index (χ4n) is 3.87. The number of fused-ring (bicyclic) bond motifs is 2. The minimum absolute atomic E-state index is 0.0670. The first kappa shape index (κ1) is 24.4. The lowest BCUT2D eigenvalue weighted by atomic mass is 10.1. The van der Waals surface area contributed by atoms with Crippen molar-refractivity contribution in [3.63, 3.8) is 0 Å². The summed E-state index contributed by atoms with van der Waals surface area (Å²) >= 11 is 1.61. The number of carboxylic acid groups (broad SMARTS) is 1. The first-order valence-electron chi connectivity index (χ1n) is 11.6. The van der Waals surface area contributed by atoms with Gasteiger partial charge in [-0.05, 0) is 62.6 Å². The van der Waals surface area contributed by atoms with Gasteiger partial charge in [0.25, 0.3) is 11.6 Å². The predicted molar refractivity (Wildman–Crippen MR) is 138 cm³/mol. The average Bonchev–Trinajstić information content (AvgIpc) is 3.44. The smallest absolute Gasteiger partial charge is 0.341 e. The second-order valence-corrected chi connectivity index (χ2v) is 9.65. The van der Waals surface area contributed by atoms with Crippen LogP contribution in [0.25, 0.3) is 32.9 Å². The van der Waals surface area contributed by atoms with E-state index in [0.29, 0.717) is 35.1 Å². The van der Waals surface area contributed by atoms with E-state index in [2.05, 4.69) is 19.9 Å². The molecular weight excluding hydrogens is 496 g/mol. The molecule has 5 rings (SSSR count). The molecule has 0 radical (unpaired) electrons. The van der Waals surface area contributed by atoms with Crippen molar-refractivity contribution in [1.29, 1.82) is 0 Å². The Morgan fingerprint density at radius 1 is 1.03 bits per heavy atom. The average molecular weight is 521 g/mol. The third kappa shape index (κ3) is 5.17. The Balaban J connectivity index is 1.51. The maximum atomic E-state index is 10.9. The number of benzene rings is 2. The first-order chi connectivity index (χ1) is 17.8. The van der Waals surface area contributed by atoms with Crippen LogP contribution >= 0.6 is 11.3 Å². The SMILES string of the molecule is CCCOc1nc(Oc2ccc3sc(C)nc3c2)nc2oc(-c3cc(C)c(OCC(=O)O)c(C)c3)nc12. The van der Waals surface area contributed by atoms with Gasteiger partial charge in [0.1, 0.15) is 11.5 Å². The summed E-state index contributed by atoms with van der Waals surface area (Å²) in [4.78, 5) is 28.9. The predicted octanol–water partition coefficient (Wildman–Crippen LogP) is 5.86. The Labute approximate surface area is 215 Å². The van der Waals surface area contributed by atoms with E-state index >= 15 is 0 Å². The molecule has 1 N–H and O–H groups in total. The molecule has 0 amide bonds. The van der Waals surface area contributed by atoms with E-state index in [4.69, 9.17) is 23.7 Å². The fourth-order valence-corrected chi connectivity index (χ4v) is 4.68. The highest BCUT2D eigenvalue weighted by molar-refractivity contribution is 7.18. The van der Waals surface area contributed by atoms with Gasteiger partial charge in [0.05, 0.1) is 21.8 Å². The second kappa shape index (κ2) is 10.0. The number of ether oxygens (including phenoxy) is 3. The molecule has 0 aliphatic heterocycles. The molecule has 0 fully saturated rings. The van der Waals surface area contributed by atoms with Gasteiger partial charge in [-0.3, -0.25) is 0 Å². The standard InChI is InChI=1S/C26H24N4O6S/c1-5-8-33-24-21-25(30-26(29-24)35-17-6-7-19-18(11-17)27-15(4)37-19)36-23(28-21)16-9-13(2)22(14(3)10-16)34-12-20(31)32/h6-7,9-11H,5,8,12H2,1-4H3,(H,31,32). The second-order valence-electron chi connectivity index (χ2n) is 8.42. The zero-order chi connectivity index (χ0) is 26.1. The summed E-state index contributed by atoms with van der Waals surface area (Å²) in [5, 5.41) is 9.91. The minimum Gasteiger partial charge on any atom is -0.481 e.